The number of fused-ring (bicyclic) bond motifs is 1. The minimum absolute atomic E-state index is 0.0688. The van der Waals surface area contributed by atoms with Crippen molar-refractivity contribution in [3.8, 4) is 0 Å². The van der Waals surface area contributed by atoms with Crippen LogP contribution < -0.4 is 11.2 Å². The minimum Gasteiger partial charge on any atom is -0.370 e. The third kappa shape index (κ3) is 3.20. The number of hydrogen-bond donors (Lipinski definition) is 3. The molecular weight excluding hydrogens is 347 g/mol. The Hall–Kier alpha value is -0.870. The van der Waals surface area contributed by atoms with E-state index in [0.717, 1.165) is 0 Å². The van der Waals surface area contributed by atoms with Crippen molar-refractivity contribution >= 4 is 18.5 Å². The van der Waals surface area contributed by atoms with Gasteiger partial charge in [0.25, 0.3) is 5.56 Å². The lowest BCUT2D eigenvalue weighted by Gasteiger charge is -2.40. The minimum atomic E-state index is -3.78. The molecule has 0 amide bonds. The SMILES string of the molecule is Cc1cn([C@@H]2O[C@H](COP(O)(O)=S)C3[C@H]2O[C@@H]3C)c(=O)[nH]c1=O. The fourth-order valence-electron chi connectivity index (χ4n) is 3.05. The molecule has 128 valence electrons. The van der Waals surface area contributed by atoms with Crippen LogP contribution in [0, 0.1) is 12.8 Å². The summed E-state index contributed by atoms with van der Waals surface area (Å²) in [6.07, 6.45) is -0.288. The number of ether oxygens (including phenoxy) is 2. The van der Waals surface area contributed by atoms with Crippen molar-refractivity contribution in [1.29, 1.82) is 0 Å². The fourth-order valence-corrected chi connectivity index (χ4v) is 3.57. The highest BCUT2D eigenvalue weighted by molar-refractivity contribution is 8.06. The maximum absolute atomic E-state index is 12.0. The topological polar surface area (TPSA) is 123 Å². The van der Waals surface area contributed by atoms with Crippen LogP contribution in [0.15, 0.2) is 15.8 Å². The Morgan fingerprint density at radius 2 is 2.13 bits per heavy atom. The maximum atomic E-state index is 12.0. The van der Waals surface area contributed by atoms with Gasteiger partial charge in [-0.15, -0.1) is 0 Å². The van der Waals surface area contributed by atoms with Crippen molar-refractivity contribution in [3.63, 3.8) is 0 Å². The largest absolute Gasteiger partial charge is 0.370 e. The van der Waals surface area contributed by atoms with Gasteiger partial charge in [-0.1, -0.05) is 0 Å². The second-order valence-electron chi connectivity index (χ2n) is 5.71. The first-order chi connectivity index (χ1) is 10.7. The Bertz CT molecular complexity index is 771. The van der Waals surface area contributed by atoms with E-state index in [1.165, 1.54) is 10.8 Å². The lowest BCUT2D eigenvalue weighted by molar-refractivity contribution is -0.178. The molecule has 0 spiro atoms. The van der Waals surface area contributed by atoms with E-state index in [-0.39, 0.29) is 24.7 Å². The first-order valence-electron chi connectivity index (χ1n) is 7.00. The molecule has 3 rings (SSSR count). The Labute approximate surface area is 136 Å². The Kier molecular flexibility index (Phi) is 4.35. The molecule has 3 heterocycles. The summed E-state index contributed by atoms with van der Waals surface area (Å²) in [6.45, 7) is -0.445. The first-order valence-corrected chi connectivity index (χ1v) is 9.63. The zero-order valence-corrected chi connectivity index (χ0v) is 14.1. The Morgan fingerprint density at radius 3 is 2.74 bits per heavy atom. The molecule has 3 N–H and O–H groups in total. The van der Waals surface area contributed by atoms with Crippen LogP contribution in [0.4, 0.5) is 0 Å². The molecule has 1 unspecified atom stereocenters. The molecule has 1 aromatic rings. The van der Waals surface area contributed by atoms with Crippen molar-refractivity contribution in [3.05, 3.63) is 32.6 Å². The van der Waals surface area contributed by atoms with Crippen LogP contribution >= 0.6 is 6.72 Å². The van der Waals surface area contributed by atoms with Gasteiger partial charge in [0.15, 0.2) is 6.23 Å². The Balaban J connectivity index is 1.85. The number of nitrogens with one attached hydrogen (secondary N) is 1. The third-order valence-corrected chi connectivity index (χ3v) is 4.95. The highest BCUT2D eigenvalue weighted by atomic mass is 32.5. The van der Waals surface area contributed by atoms with Crippen molar-refractivity contribution in [1.82, 2.24) is 9.55 Å². The second-order valence-corrected chi connectivity index (χ2v) is 8.38. The van der Waals surface area contributed by atoms with E-state index in [0.29, 0.717) is 5.56 Å². The number of hydrogen-bond acceptors (Lipinski definition) is 6. The van der Waals surface area contributed by atoms with E-state index in [1.54, 1.807) is 6.92 Å². The quantitative estimate of drug-likeness (QED) is 0.604. The van der Waals surface area contributed by atoms with Crippen molar-refractivity contribution < 1.29 is 23.8 Å². The predicted octanol–water partition coefficient (Wildman–Crippen LogP) is -0.628. The van der Waals surface area contributed by atoms with Gasteiger partial charge >= 0.3 is 12.4 Å². The zero-order chi connectivity index (χ0) is 16.9. The van der Waals surface area contributed by atoms with Crippen molar-refractivity contribution in [2.75, 3.05) is 6.61 Å². The summed E-state index contributed by atoms with van der Waals surface area (Å²) in [5.74, 6) is -0.0688. The molecule has 0 saturated carbocycles. The van der Waals surface area contributed by atoms with Crippen molar-refractivity contribution in [2.45, 2.75) is 38.4 Å². The van der Waals surface area contributed by atoms with Gasteiger partial charge in [0, 0.05) is 17.7 Å². The molecule has 0 radical (unpaired) electrons. The second kappa shape index (κ2) is 5.89. The van der Waals surface area contributed by atoms with E-state index in [4.69, 9.17) is 14.0 Å². The molecule has 23 heavy (non-hydrogen) atoms. The van der Waals surface area contributed by atoms with Gasteiger partial charge in [-0.05, 0) is 25.7 Å². The Morgan fingerprint density at radius 1 is 1.43 bits per heavy atom. The van der Waals surface area contributed by atoms with Gasteiger partial charge in [-0.25, -0.2) is 4.79 Å². The number of nitrogens with zero attached hydrogens (tertiary/aromatic N) is 1. The molecule has 0 aromatic carbocycles. The maximum Gasteiger partial charge on any atom is 0.330 e. The molecule has 0 aliphatic carbocycles. The zero-order valence-electron chi connectivity index (χ0n) is 12.4. The van der Waals surface area contributed by atoms with Gasteiger partial charge in [-0.2, -0.15) is 0 Å². The molecular formula is C12H17N2O7PS. The van der Waals surface area contributed by atoms with Crippen LogP contribution in [0.3, 0.4) is 0 Å². The molecule has 0 bridgehead atoms. The van der Waals surface area contributed by atoms with Gasteiger partial charge in [0.1, 0.15) is 6.10 Å². The summed E-state index contributed by atoms with van der Waals surface area (Å²) >= 11 is 4.43. The number of H-pyrrole nitrogens is 1. The number of rotatable bonds is 4. The van der Waals surface area contributed by atoms with E-state index in [2.05, 4.69) is 16.8 Å². The standard InChI is InChI=1S/C12H17N2O7PS/c1-5-3-14(12(16)13-10(5)15)11-9-8(6(2)20-9)7(21-11)4-19-22(17,18)23/h3,6-9,11H,4H2,1-2H3,(H,13,15,16)(H2,17,18,23)/t6-,7-,8?,9-,11-/m1/s1. The van der Waals surface area contributed by atoms with Gasteiger partial charge in [0.2, 0.25) is 0 Å². The lowest BCUT2D eigenvalue weighted by Crippen LogP contribution is -2.51. The number of aryl methyl sites for hydroxylation is 1. The molecule has 9 nitrogen and oxygen atoms in total. The number of aromatic nitrogens is 2. The van der Waals surface area contributed by atoms with Crippen molar-refractivity contribution in [2.24, 2.45) is 5.92 Å². The van der Waals surface area contributed by atoms with Crippen LogP contribution in [-0.4, -0.2) is 44.3 Å². The highest BCUT2D eigenvalue weighted by Crippen LogP contribution is 2.47. The predicted molar refractivity (Wildman–Crippen MR) is 82.5 cm³/mol. The molecule has 2 saturated heterocycles. The summed E-state index contributed by atoms with van der Waals surface area (Å²) in [5.41, 5.74) is -0.675. The average molecular weight is 364 g/mol. The van der Waals surface area contributed by atoms with E-state index >= 15 is 0 Å². The third-order valence-electron chi connectivity index (χ3n) is 4.14. The molecule has 2 aliphatic heterocycles. The summed E-state index contributed by atoms with van der Waals surface area (Å²) in [7, 11) is 0. The van der Waals surface area contributed by atoms with Crippen LogP contribution in [0.5, 0.6) is 0 Å². The molecule has 11 heteroatoms. The molecule has 2 fully saturated rings. The van der Waals surface area contributed by atoms with E-state index in [9.17, 15) is 19.4 Å². The average Bonchev–Trinajstić information content (AvgIpc) is 2.72. The fraction of sp³-hybridized carbons (Fsp3) is 0.667. The van der Waals surface area contributed by atoms with Gasteiger partial charge in [0.05, 0.1) is 18.8 Å². The van der Waals surface area contributed by atoms with E-state index < -0.39 is 30.3 Å². The van der Waals surface area contributed by atoms with Crippen LogP contribution in [-0.2, 0) is 25.8 Å². The van der Waals surface area contributed by atoms with Crippen LogP contribution in [0.25, 0.3) is 0 Å². The summed E-state index contributed by atoms with van der Waals surface area (Å²) in [5, 5.41) is 0. The lowest BCUT2D eigenvalue weighted by atomic mass is 9.87. The molecule has 2 aliphatic rings. The first kappa shape index (κ1) is 17.0. The smallest absolute Gasteiger partial charge is 0.330 e. The molecule has 1 aromatic heterocycles. The highest BCUT2D eigenvalue weighted by Gasteiger charge is 2.56. The van der Waals surface area contributed by atoms with Crippen LogP contribution in [0.1, 0.15) is 18.7 Å². The monoisotopic (exact) mass is 364 g/mol. The number of aromatic amines is 1. The normalized spacial score (nSPS) is 33.3. The van der Waals surface area contributed by atoms with Gasteiger partial charge in [-0.3, -0.25) is 14.3 Å². The summed E-state index contributed by atoms with van der Waals surface area (Å²) in [6, 6.07) is 0. The molecule has 5 atom stereocenters. The van der Waals surface area contributed by atoms with Gasteiger partial charge < -0.3 is 23.8 Å². The summed E-state index contributed by atoms with van der Waals surface area (Å²) in [4.78, 5) is 44.1. The summed E-state index contributed by atoms with van der Waals surface area (Å²) < 4.78 is 17.6. The van der Waals surface area contributed by atoms with E-state index in [1.807, 2.05) is 6.92 Å². The van der Waals surface area contributed by atoms with Crippen LogP contribution in [0.2, 0.25) is 0 Å².